The van der Waals surface area contributed by atoms with Crippen LogP contribution in [0.15, 0.2) is 11.4 Å². The van der Waals surface area contributed by atoms with E-state index in [1.54, 1.807) is 11.3 Å². The fourth-order valence-corrected chi connectivity index (χ4v) is 2.80. The maximum absolute atomic E-state index is 5.92. The zero-order valence-electron chi connectivity index (χ0n) is 8.85. The summed E-state index contributed by atoms with van der Waals surface area (Å²) in [5, 5.41) is 2.96. The molecule has 0 radical (unpaired) electrons. The molecule has 3 heterocycles. The number of nitrogens with two attached hydrogens (primary N) is 1. The van der Waals surface area contributed by atoms with Gasteiger partial charge in [-0.2, -0.15) is 0 Å². The monoisotopic (exact) mass is 235 g/mol. The average Bonchev–Trinajstić information content (AvgIpc) is 2.79. The Morgan fingerprint density at radius 1 is 1.44 bits per heavy atom. The van der Waals surface area contributed by atoms with E-state index in [-0.39, 0.29) is 0 Å². The van der Waals surface area contributed by atoms with Crippen molar-refractivity contribution < 1.29 is 4.74 Å². The van der Waals surface area contributed by atoms with E-state index in [9.17, 15) is 0 Å². The number of thiophene rings is 1. The third-order valence-corrected chi connectivity index (χ3v) is 3.70. The lowest BCUT2D eigenvalue weighted by atomic mass is 10.0. The van der Waals surface area contributed by atoms with Gasteiger partial charge in [0.1, 0.15) is 16.5 Å². The van der Waals surface area contributed by atoms with Gasteiger partial charge in [0.25, 0.3) is 0 Å². The standard InChI is InChI=1S/C11H13N3OS/c12-9-8-3-5-16-11(8)14-10(13-9)7-2-1-4-15-6-7/h3,5,7H,1-2,4,6H2,(H2,12,13,14). The Kier molecular flexibility index (Phi) is 2.49. The Morgan fingerprint density at radius 3 is 3.19 bits per heavy atom. The van der Waals surface area contributed by atoms with E-state index in [2.05, 4.69) is 9.97 Å². The Bertz CT molecular complexity index is 505. The third-order valence-electron chi connectivity index (χ3n) is 2.90. The zero-order valence-corrected chi connectivity index (χ0v) is 9.67. The van der Waals surface area contributed by atoms with Crippen molar-refractivity contribution in [2.75, 3.05) is 18.9 Å². The topological polar surface area (TPSA) is 61.0 Å². The molecule has 0 saturated carbocycles. The highest BCUT2D eigenvalue weighted by molar-refractivity contribution is 7.16. The second-order valence-electron chi connectivity index (χ2n) is 4.02. The normalized spacial score (nSPS) is 21.4. The summed E-state index contributed by atoms with van der Waals surface area (Å²) in [7, 11) is 0. The molecule has 0 bridgehead atoms. The fraction of sp³-hybridized carbons (Fsp3) is 0.455. The van der Waals surface area contributed by atoms with Gasteiger partial charge in [0.15, 0.2) is 0 Å². The Balaban J connectivity index is 2.02. The molecule has 16 heavy (non-hydrogen) atoms. The summed E-state index contributed by atoms with van der Waals surface area (Å²) in [5.41, 5.74) is 5.92. The van der Waals surface area contributed by atoms with Gasteiger partial charge < -0.3 is 10.5 Å². The van der Waals surface area contributed by atoms with Crippen LogP contribution in [0.5, 0.6) is 0 Å². The molecule has 4 nitrogen and oxygen atoms in total. The molecule has 1 aliphatic heterocycles. The molecule has 2 aromatic rings. The van der Waals surface area contributed by atoms with Crippen LogP contribution in [-0.2, 0) is 4.74 Å². The minimum Gasteiger partial charge on any atom is -0.383 e. The molecule has 1 fully saturated rings. The minimum atomic E-state index is 0.308. The summed E-state index contributed by atoms with van der Waals surface area (Å²) < 4.78 is 5.45. The summed E-state index contributed by atoms with van der Waals surface area (Å²) in [5.74, 6) is 1.74. The van der Waals surface area contributed by atoms with Crippen LogP contribution in [0.4, 0.5) is 5.82 Å². The first-order valence-corrected chi connectivity index (χ1v) is 6.31. The van der Waals surface area contributed by atoms with Gasteiger partial charge >= 0.3 is 0 Å². The van der Waals surface area contributed by atoms with E-state index >= 15 is 0 Å². The quantitative estimate of drug-likeness (QED) is 0.823. The number of hydrogen-bond donors (Lipinski definition) is 1. The summed E-state index contributed by atoms with van der Waals surface area (Å²) >= 11 is 1.61. The van der Waals surface area contributed by atoms with Gasteiger partial charge in [-0.3, -0.25) is 0 Å². The Hall–Kier alpha value is -1.20. The molecule has 1 aliphatic rings. The molecule has 0 amide bonds. The molecule has 2 N–H and O–H groups in total. The molecule has 2 aromatic heterocycles. The van der Waals surface area contributed by atoms with Crippen LogP contribution in [0.2, 0.25) is 0 Å². The number of nitrogens with zero attached hydrogens (tertiary/aromatic N) is 2. The lowest BCUT2D eigenvalue weighted by Crippen LogP contribution is -2.18. The number of aromatic nitrogens is 2. The minimum absolute atomic E-state index is 0.308. The van der Waals surface area contributed by atoms with Crippen LogP contribution >= 0.6 is 11.3 Å². The fourth-order valence-electron chi connectivity index (χ4n) is 2.02. The van der Waals surface area contributed by atoms with Gasteiger partial charge in [0, 0.05) is 12.5 Å². The molecule has 1 unspecified atom stereocenters. The molecule has 1 saturated heterocycles. The zero-order chi connectivity index (χ0) is 11.0. The molecule has 84 valence electrons. The van der Waals surface area contributed by atoms with Gasteiger partial charge in [-0.05, 0) is 24.3 Å². The van der Waals surface area contributed by atoms with Gasteiger partial charge in [-0.15, -0.1) is 11.3 Å². The number of rotatable bonds is 1. The first-order valence-electron chi connectivity index (χ1n) is 5.43. The SMILES string of the molecule is Nc1nc(C2CCCOC2)nc2sccc12. The Morgan fingerprint density at radius 2 is 2.38 bits per heavy atom. The molecule has 0 aromatic carbocycles. The number of ether oxygens (including phenoxy) is 1. The highest BCUT2D eigenvalue weighted by Gasteiger charge is 2.20. The maximum Gasteiger partial charge on any atom is 0.137 e. The summed E-state index contributed by atoms with van der Waals surface area (Å²) in [4.78, 5) is 9.94. The van der Waals surface area contributed by atoms with Crippen molar-refractivity contribution in [3.63, 3.8) is 0 Å². The van der Waals surface area contributed by atoms with Crippen molar-refractivity contribution in [2.45, 2.75) is 18.8 Å². The number of hydrogen-bond acceptors (Lipinski definition) is 5. The molecule has 0 aliphatic carbocycles. The van der Waals surface area contributed by atoms with E-state index < -0.39 is 0 Å². The van der Waals surface area contributed by atoms with Gasteiger partial charge in [0.2, 0.25) is 0 Å². The van der Waals surface area contributed by atoms with E-state index in [1.165, 1.54) is 0 Å². The molecular formula is C11H13N3OS. The number of fused-ring (bicyclic) bond motifs is 1. The number of anilines is 1. The van der Waals surface area contributed by atoms with Gasteiger partial charge in [0.05, 0.1) is 12.0 Å². The van der Waals surface area contributed by atoms with Crippen LogP contribution in [0.3, 0.4) is 0 Å². The van der Waals surface area contributed by atoms with Gasteiger partial charge in [-0.25, -0.2) is 9.97 Å². The van der Waals surface area contributed by atoms with E-state index in [4.69, 9.17) is 10.5 Å². The first-order chi connectivity index (χ1) is 7.84. The third kappa shape index (κ3) is 1.66. The molecular weight excluding hydrogens is 222 g/mol. The van der Waals surface area contributed by atoms with Crippen molar-refractivity contribution in [1.29, 1.82) is 0 Å². The second kappa shape index (κ2) is 3.99. The van der Waals surface area contributed by atoms with Crippen LogP contribution < -0.4 is 5.73 Å². The largest absolute Gasteiger partial charge is 0.383 e. The smallest absolute Gasteiger partial charge is 0.137 e. The maximum atomic E-state index is 5.92. The van der Waals surface area contributed by atoms with E-state index in [0.29, 0.717) is 11.7 Å². The highest BCUT2D eigenvalue weighted by Crippen LogP contribution is 2.28. The lowest BCUT2D eigenvalue weighted by molar-refractivity contribution is 0.0782. The van der Waals surface area contributed by atoms with Crippen molar-refractivity contribution in [1.82, 2.24) is 9.97 Å². The van der Waals surface area contributed by atoms with Crippen LogP contribution in [0.1, 0.15) is 24.6 Å². The predicted molar refractivity (Wildman–Crippen MR) is 64.6 cm³/mol. The summed E-state index contributed by atoms with van der Waals surface area (Å²) in [6, 6.07) is 1.97. The Labute approximate surface area is 97.5 Å². The van der Waals surface area contributed by atoms with Gasteiger partial charge in [-0.1, -0.05) is 0 Å². The molecule has 3 rings (SSSR count). The molecule has 0 spiro atoms. The van der Waals surface area contributed by atoms with E-state index in [0.717, 1.165) is 42.1 Å². The summed E-state index contributed by atoms with van der Waals surface area (Å²) in [6.07, 6.45) is 2.17. The molecule has 5 heteroatoms. The van der Waals surface area contributed by atoms with Crippen molar-refractivity contribution in [3.05, 3.63) is 17.3 Å². The summed E-state index contributed by atoms with van der Waals surface area (Å²) in [6.45, 7) is 1.57. The second-order valence-corrected chi connectivity index (χ2v) is 4.92. The van der Waals surface area contributed by atoms with Crippen molar-refractivity contribution in [3.8, 4) is 0 Å². The average molecular weight is 235 g/mol. The predicted octanol–water partition coefficient (Wildman–Crippen LogP) is 2.17. The van der Waals surface area contributed by atoms with Crippen molar-refractivity contribution >= 4 is 27.4 Å². The lowest BCUT2D eigenvalue weighted by Gasteiger charge is -2.20. The highest BCUT2D eigenvalue weighted by atomic mass is 32.1. The van der Waals surface area contributed by atoms with Crippen LogP contribution in [0, 0.1) is 0 Å². The number of nitrogen functional groups attached to an aromatic ring is 1. The van der Waals surface area contributed by atoms with Crippen LogP contribution in [-0.4, -0.2) is 23.2 Å². The van der Waals surface area contributed by atoms with Crippen molar-refractivity contribution in [2.24, 2.45) is 0 Å². The van der Waals surface area contributed by atoms with E-state index in [1.807, 2.05) is 11.4 Å². The molecule has 1 atom stereocenters. The van der Waals surface area contributed by atoms with Crippen LogP contribution in [0.25, 0.3) is 10.2 Å². The first kappa shape index (κ1) is 9.99.